The third kappa shape index (κ3) is 3.72. The molecular weight excluding hydrogens is 285 g/mol. The molecule has 0 spiro atoms. The molecule has 2 aromatic rings. The monoisotopic (exact) mass is 299 g/mol. The van der Waals surface area contributed by atoms with Crippen molar-refractivity contribution in [2.75, 3.05) is 6.54 Å². The van der Waals surface area contributed by atoms with Crippen LogP contribution >= 0.6 is 23.1 Å². The Morgan fingerprint density at radius 3 is 3.00 bits per heavy atom. The lowest BCUT2D eigenvalue weighted by molar-refractivity contribution is 0.515. The molecule has 0 radical (unpaired) electrons. The second kappa shape index (κ2) is 6.93. The maximum absolute atomic E-state index is 13.4. The Hall–Kier alpha value is -1.04. The lowest BCUT2D eigenvalue weighted by Gasteiger charge is -2.17. The van der Waals surface area contributed by atoms with E-state index in [0.717, 1.165) is 24.2 Å². The first kappa shape index (κ1) is 14.4. The molecule has 0 saturated heterocycles. The fraction of sp³-hybridized carbons (Fsp3) is 0.385. The zero-order chi connectivity index (χ0) is 13.7. The van der Waals surface area contributed by atoms with Crippen LogP contribution in [0, 0.1) is 5.82 Å². The minimum Gasteiger partial charge on any atom is -0.308 e. The third-order valence-electron chi connectivity index (χ3n) is 2.83. The average molecular weight is 300 g/mol. The van der Waals surface area contributed by atoms with E-state index in [1.807, 2.05) is 11.4 Å². The van der Waals surface area contributed by atoms with Crippen molar-refractivity contribution in [2.45, 2.75) is 25.8 Å². The van der Waals surface area contributed by atoms with E-state index in [1.165, 1.54) is 17.6 Å². The summed E-state index contributed by atoms with van der Waals surface area (Å²) in [5.74, 6) is -0.384. The van der Waals surface area contributed by atoms with Gasteiger partial charge in [-0.2, -0.15) is 0 Å². The average Bonchev–Trinajstić information content (AvgIpc) is 2.93. The highest BCUT2D eigenvalue weighted by Crippen LogP contribution is 2.25. The van der Waals surface area contributed by atoms with Crippen molar-refractivity contribution in [1.82, 2.24) is 14.9 Å². The second-order valence-corrected chi connectivity index (χ2v) is 5.24. The second-order valence-electron chi connectivity index (χ2n) is 4.25. The topological polar surface area (TPSA) is 37.8 Å². The Morgan fingerprint density at radius 1 is 1.47 bits per heavy atom. The van der Waals surface area contributed by atoms with E-state index < -0.39 is 0 Å². The van der Waals surface area contributed by atoms with Gasteiger partial charge in [0.1, 0.15) is 5.82 Å². The Labute approximate surface area is 121 Å². The number of benzene rings is 1. The van der Waals surface area contributed by atoms with Crippen LogP contribution in [-0.4, -0.2) is 16.1 Å². The number of halogens is 2. The summed E-state index contributed by atoms with van der Waals surface area (Å²) in [6.45, 7) is 2.97. The highest BCUT2D eigenvalue weighted by atomic mass is 35.5. The molecule has 0 fully saturated rings. The Balaban J connectivity index is 2.18. The van der Waals surface area contributed by atoms with Gasteiger partial charge < -0.3 is 5.32 Å². The molecule has 0 saturated carbocycles. The summed E-state index contributed by atoms with van der Waals surface area (Å²) >= 11 is 7.31. The molecule has 3 nitrogen and oxygen atoms in total. The summed E-state index contributed by atoms with van der Waals surface area (Å²) in [6, 6.07) is 4.89. The van der Waals surface area contributed by atoms with Crippen LogP contribution in [0.1, 0.15) is 30.6 Å². The molecule has 2 rings (SSSR count). The highest BCUT2D eigenvalue weighted by Gasteiger charge is 2.17. The largest absolute Gasteiger partial charge is 0.308 e. The third-order valence-corrected chi connectivity index (χ3v) is 3.78. The SMILES string of the molecule is CCCNC(Cc1cccc(F)c1Cl)c1csnn1. The van der Waals surface area contributed by atoms with Gasteiger partial charge in [0.2, 0.25) is 0 Å². The quantitative estimate of drug-likeness (QED) is 0.885. The van der Waals surface area contributed by atoms with Crippen molar-refractivity contribution in [1.29, 1.82) is 0 Å². The van der Waals surface area contributed by atoms with E-state index in [-0.39, 0.29) is 16.9 Å². The van der Waals surface area contributed by atoms with Gasteiger partial charge in [0, 0.05) is 5.38 Å². The van der Waals surface area contributed by atoms with Gasteiger partial charge in [-0.25, -0.2) is 4.39 Å². The molecule has 0 amide bonds. The Bertz CT molecular complexity index is 519. The Morgan fingerprint density at radius 2 is 2.32 bits per heavy atom. The van der Waals surface area contributed by atoms with Crippen LogP contribution in [0.3, 0.4) is 0 Å². The van der Waals surface area contributed by atoms with Gasteiger partial charge in [-0.15, -0.1) is 5.10 Å². The summed E-state index contributed by atoms with van der Waals surface area (Å²) in [5.41, 5.74) is 1.65. The maximum Gasteiger partial charge on any atom is 0.142 e. The van der Waals surface area contributed by atoms with E-state index >= 15 is 0 Å². The number of aromatic nitrogens is 2. The molecule has 1 aromatic carbocycles. The first-order valence-corrected chi connectivity index (χ1v) is 7.37. The molecule has 6 heteroatoms. The zero-order valence-electron chi connectivity index (χ0n) is 10.6. The number of rotatable bonds is 6. The van der Waals surface area contributed by atoms with Crippen LogP contribution in [-0.2, 0) is 6.42 Å². The van der Waals surface area contributed by atoms with Crippen LogP contribution in [0.5, 0.6) is 0 Å². The molecule has 1 atom stereocenters. The van der Waals surface area contributed by atoms with Gasteiger partial charge in [-0.1, -0.05) is 35.1 Å². The molecule has 102 valence electrons. The van der Waals surface area contributed by atoms with Crippen molar-refractivity contribution in [2.24, 2.45) is 0 Å². The molecule has 0 bridgehead atoms. The van der Waals surface area contributed by atoms with Gasteiger partial charge in [0.05, 0.1) is 16.8 Å². The van der Waals surface area contributed by atoms with Crippen LogP contribution in [0.4, 0.5) is 4.39 Å². The maximum atomic E-state index is 13.4. The van der Waals surface area contributed by atoms with E-state index in [2.05, 4.69) is 21.8 Å². The lowest BCUT2D eigenvalue weighted by atomic mass is 10.0. The van der Waals surface area contributed by atoms with Crippen LogP contribution in [0.2, 0.25) is 5.02 Å². The molecule has 1 aromatic heterocycles. The number of nitrogens with one attached hydrogen (secondary N) is 1. The normalized spacial score (nSPS) is 12.6. The first-order valence-electron chi connectivity index (χ1n) is 6.15. The molecule has 0 aliphatic carbocycles. The van der Waals surface area contributed by atoms with Gasteiger partial charge >= 0.3 is 0 Å². The van der Waals surface area contributed by atoms with E-state index in [9.17, 15) is 4.39 Å². The van der Waals surface area contributed by atoms with E-state index in [0.29, 0.717) is 6.42 Å². The summed E-state index contributed by atoms with van der Waals surface area (Å²) in [5, 5.41) is 9.57. The predicted molar refractivity (Wildman–Crippen MR) is 76.1 cm³/mol. The van der Waals surface area contributed by atoms with E-state index in [4.69, 9.17) is 11.6 Å². The van der Waals surface area contributed by atoms with Crippen molar-refractivity contribution in [3.8, 4) is 0 Å². The van der Waals surface area contributed by atoms with Gasteiger partial charge in [0.25, 0.3) is 0 Å². The number of hydrogen-bond donors (Lipinski definition) is 1. The van der Waals surface area contributed by atoms with Gasteiger partial charge in [0.15, 0.2) is 0 Å². The minimum atomic E-state index is -0.384. The molecule has 1 N–H and O–H groups in total. The number of nitrogens with zero attached hydrogens (tertiary/aromatic N) is 2. The molecule has 1 heterocycles. The van der Waals surface area contributed by atoms with Crippen molar-refractivity contribution < 1.29 is 4.39 Å². The van der Waals surface area contributed by atoms with Crippen LogP contribution in [0.25, 0.3) is 0 Å². The lowest BCUT2D eigenvalue weighted by Crippen LogP contribution is -2.24. The molecule has 0 aliphatic rings. The predicted octanol–water partition coefficient (Wildman–Crippen LogP) is 3.61. The van der Waals surface area contributed by atoms with Crippen LogP contribution in [0.15, 0.2) is 23.6 Å². The number of hydrogen-bond acceptors (Lipinski definition) is 4. The van der Waals surface area contributed by atoms with Crippen LogP contribution < -0.4 is 5.32 Å². The highest BCUT2D eigenvalue weighted by molar-refractivity contribution is 7.03. The fourth-order valence-electron chi connectivity index (χ4n) is 1.85. The minimum absolute atomic E-state index is 0.0120. The Kier molecular flexibility index (Phi) is 5.24. The standard InChI is InChI=1S/C13H15ClFN3S/c1-2-6-16-11(12-8-19-18-17-12)7-9-4-3-5-10(15)13(9)14/h3-5,8,11,16H,2,6-7H2,1H3. The zero-order valence-corrected chi connectivity index (χ0v) is 12.1. The van der Waals surface area contributed by atoms with Gasteiger partial charge in [-0.3, -0.25) is 0 Å². The first-order chi connectivity index (χ1) is 9.22. The van der Waals surface area contributed by atoms with E-state index in [1.54, 1.807) is 6.07 Å². The van der Waals surface area contributed by atoms with Crippen molar-refractivity contribution in [3.63, 3.8) is 0 Å². The van der Waals surface area contributed by atoms with Crippen molar-refractivity contribution >= 4 is 23.1 Å². The molecular formula is C13H15ClFN3S. The van der Waals surface area contributed by atoms with Gasteiger partial charge in [-0.05, 0) is 42.5 Å². The molecule has 1 unspecified atom stereocenters. The summed E-state index contributed by atoms with van der Waals surface area (Å²) in [6.07, 6.45) is 1.62. The summed E-state index contributed by atoms with van der Waals surface area (Å²) in [4.78, 5) is 0. The summed E-state index contributed by atoms with van der Waals surface area (Å²) in [7, 11) is 0. The summed E-state index contributed by atoms with van der Waals surface area (Å²) < 4.78 is 17.3. The van der Waals surface area contributed by atoms with Crippen molar-refractivity contribution in [3.05, 3.63) is 45.7 Å². The molecule has 0 aliphatic heterocycles. The smallest absolute Gasteiger partial charge is 0.142 e. The molecule has 19 heavy (non-hydrogen) atoms. The fourth-order valence-corrected chi connectivity index (χ4v) is 2.56.